The van der Waals surface area contributed by atoms with E-state index in [1.165, 1.54) is 36.9 Å². The predicted octanol–water partition coefficient (Wildman–Crippen LogP) is 1.88. The molecule has 5 nitrogen and oxygen atoms in total. The number of carbonyl (C=O) groups is 2. The zero-order chi connectivity index (χ0) is 18.1. The van der Waals surface area contributed by atoms with Crippen LogP contribution in [0.25, 0.3) is 0 Å². The summed E-state index contributed by atoms with van der Waals surface area (Å²) in [4.78, 5) is 28.2. The van der Waals surface area contributed by atoms with Crippen LogP contribution < -0.4 is 5.32 Å². The average molecular weight is 355 g/mol. The molecule has 0 bridgehead atoms. The van der Waals surface area contributed by atoms with Gasteiger partial charge in [-0.1, -0.05) is 24.6 Å². The van der Waals surface area contributed by atoms with Gasteiger partial charge in [0, 0.05) is 39.1 Å². The van der Waals surface area contributed by atoms with Gasteiger partial charge in [0.15, 0.2) is 0 Å². The Balaban J connectivity index is 1.35. The molecule has 1 unspecified atom stereocenters. The summed E-state index contributed by atoms with van der Waals surface area (Å²) in [5.41, 5.74) is 4.05. The van der Waals surface area contributed by atoms with E-state index in [-0.39, 0.29) is 17.9 Å². The largest absolute Gasteiger partial charge is 0.350 e. The Kier molecular flexibility index (Phi) is 4.98. The summed E-state index contributed by atoms with van der Waals surface area (Å²) < 4.78 is 0. The zero-order valence-corrected chi connectivity index (χ0v) is 15.7. The van der Waals surface area contributed by atoms with Gasteiger partial charge in [0.25, 0.3) is 0 Å². The van der Waals surface area contributed by atoms with Gasteiger partial charge in [-0.25, -0.2) is 0 Å². The number of fused-ring (bicyclic) bond motifs is 1. The van der Waals surface area contributed by atoms with Gasteiger partial charge in [0.2, 0.25) is 11.8 Å². The standard InChI is InChI=1S/C21H29N3O2/c1-23-19(7-8-20(23)25)21(26)22-14-15-5-6-16-9-11-24(18-3-2-4-18)12-10-17(16)13-15/h5-6,13,18-19H,2-4,7-12,14H2,1H3,(H,22,26). The molecule has 2 amide bonds. The van der Waals surface area contributed by atoms with Crippen molar-refractivity contribution in [3.8, 4) is 0 Å². The minimum absolute atomic E-state index is 0.0375. The number of hydrogen-bond acceptors (Lipinski definition) is 3. The third-order valence-corrected chi connectivity index (χ3v) is 6.46. The number of hydrogen-bond donors (Lipinski definition) is 1. The van der Waals surface area contributed by atoms with Crippen LogP contribution in [0.1, 0.15) is 48.8 Å². The van der Waals surface area contributed by atoms with Gasteiger partial charge in [-0.05, 0) is 48.8 Å². The molecule has 3 aliphatic rings. The van der Waals surface area contributed by atoms with Crippen LogP contribution in [0.5, 0.6) is 0 Å². The Morgan fingerprint density at radius 3 is 2.54 bits per heavy atom. The fourth-order valence-corrected chi connectivity index (χ4v) is 4.44. The van der Waals surface area contributed by atoms with Gasteiger partial charge < -0.3 is 10.2 Å². The highest BCUT2D eigenvalue weighted by Crippen LogP contribution is 2.27. The molecule has 2 fully saturated rings. The van der Waals surface area contributed by atoms with Crippen molar-refractivity contribution in [1.29, 1.82) is 0 Å². The molecule has 2 aliphatic heterocycles. The Morgan fingerprint density at radius 2 is 1.88 bits per heavy atom. The second kappa shape index (κ2) is 7.39. The maximum atomic E-state index is 12.4. The maximum absolute atomic E-state index is 12.4. The van der Waals surface area contributed by atoms with E-state index in [4.69, 9.17) is 0 Å². The van der Waals surface area contributed by atoms with Crippen molar-refractivity contribution < 1.29 is 9.59 Å². The Morgan fingerprint density at radius 1 is 1.12 bits per heavy atom. The molecule has 0 aromatic heterocycles. The van der Waals surface area contributed by atoms with Crippen LogP contribution in [0, 0.1) is 0 Å². The van der Waals surface area contributed by atoms with E-state index in [2.05, 4.69) is 28.4 Å². The first-order valence-electron chi connectivity index (χ1n) is 10.00. The van der Waals surface area contributed by atoms with E-state index in [1.54, 1.807) is 11.9 Å². The van der Waals surface area contributed by atoms with Crippen molar-refractivity contribution in [2.75, 3.05) is 20.1 Å². The minimum atomic E-state index is -0.306. The van der Waals surface area contributed by atoms with Gasteiger partial charge in [0.05, 0.1) is 0 Å². The summed E-state index contributed by atoms with van der Waals surface area (Å²) in [6.45, 7) is 2.87. The lowest BCUT2D eigenvalue weighted by molar-refractivity contribution is -0.133. The first-order chi connectivity index (χ1) is 12.6. The fraction of sp³-hybridized carbons (Fsp3) is 0.619. The van der Waals surface area contributed by atoms with Gasteiger partial charge in [-0.15, -0.1) is 0 Å². The second-order valence-electron chi connectivity index (χ2n) is 8.00. The normalized spacial score (nSPS) is 24.1. The zero-order valence-electron chi connectivity index (χ0n) is 15.7. The summed E-state index contributed by atoms with van der Waals surface area (Å²) in [7, 11) is 1.72. The highest BCUT2D eigenvalue weighted by molar-refractivity contribution is 5.90. The van der Waals surface area contributed by atoms with Gasteiger partial charge in [0.1, 0.15) is 6.04 Å². The fourth-order valence-electron chi connectivity index (χ4n) is 4.44. The minimum Gasteiger partial charge on any atom is -0.350 e. The molecular formula is C21H29N3O2. The maximum Gasteiger partial charge on any atom is 0.243 e. The molecule has 1 aromatic rings. The molecule has 1 saturated heterocycles. The number of amides is 2. The van der Waals surface area contributed by atoms with Crippen molar-refractivity contribution in [3.05, 3.63) is 34.9 Å². The van der Waals surface area contributed by atoms with Crippen molar-refractivity contribution in [2.45, 2.75) is 63.6 Å². The monoisotopic (exact) mass is 355 g/mol. The predicted molar refractivity (Wildman–Crippen MR) is 101 cm³/mol. The number of likely N-dealkylation sites (N-methyl/N-ethyl adjacent to an activating group) is 1. The molecule has 0 spiro atoms. The molecule has 4 rings (SSSR count). The number of nitrogens with one attached hydrogen (secondary N) is 1. The van der Waals surface area contributed by atoms with Crippen LogP contribution in [0.4, 0.5) is 0 Å². The van der Waals surface area contributed by atoms with Crippen molar-refractivity contribution >= 4 is 11.8 Å². The van der Waals surface area contributed by atoms with Crippen molar-refractivity contribution in [1.82, 2.24) is 15.1 Å². The Labute approximate surface area is 155 Å². The summed E-state index contributed by atoms with van der Waals surface area (Å²) in [5, 5.41) is 3.02. The van der Waals surface area contributed by atoms with Crippen LogP contribution in [-0.2, 0) is 29.0 Å². The Bertz CT molecular complexity index is 698. The summed E-state index contributed by atoms with van der Waals surface area (Å²) in [6.07, 6.45) is 7.46. The van der Waals surface area contributed by atoms with Gasteiger partial charge in [-0.3, -0.25) is 14.5 Å². The SMILES string of the molecule is CN1C(=O)CCC1C(=O)NCc1ccc2c(c1)CCN(C1CCC1)CC2. The van der Waals surface area contributed by atoms with E-state index >= 15 is 0 Å². The second-order valence-corrected chi connectivity index (χ2v) is 8.00. The molecule has 140 valence electrons. The van der Waals surface area contributed by atoms with Crippen LogP contribution in [0.15, 0.2) is 18.2 Å². The summed E-state index contributed by atoms with van der Waals surface area (Å²) in [6, 6.07) is 7.16. The molecule has 1 N–H and O–H groups in total. The molecule has 1 aromatic carbocycles. The van der Waals surface area contributed by atoms with Crippen LogP contribution >= 0.6 is 0 Å². The number of carbonyl (C=O) groups excluding carboxylic acids is 2. The van der Waals surface area contributed by atoms with Crippen LogP contribution in [0.2, 0.25) is 0 Å². The molecular weight excluding hydrogens is 326 g/mol. The van der Waals surface area contributed by atoms with Crippen molar-refractivity contribution in [2.24, 2.45) is 0 Å². The lowest BCUT2D eigenvalue weighted by Gasteiger charge is -2.36. The first-order valence-corrected chi connectivity index (χ1v) is 10.00. The lowest BCUT2D eigenvalue weighted by atomic mass is 9.91. The highest BCUT2D eigenvalue weighted by Gasteiger charge is 2.33. The van der Waals surface area contributed by atoms with Gasteiger partial charge >= 0.3 is 0 Å². The van der Waals surface area contributed by atoms with E-state index in [1.807, 2.05) is 0 Å². The number of nitrogens with zero attached hydrogens (tertiary/aromatic N) is 2. The van der Waals surface area contributed by atoms with Crippen LogP contribution in [-0.4, -0.2) is 53.8 Å². The smallest absolute Gasteiger partial charge is 0.243 e. The van der Waals surface area contributed by atoms with E-state index in [0.29, 0.717) is 19.4 Å². The lowest BCUT2D eigenvalue weighted by Crippen LogP contribution is -2.42. The topological polar surface area (TPSA) is 52.7 Å². The average Bonchev–Trinajstić information content (AvgIpc) is 2.80. The highest BCUT2D eigenvalue weighted by atomic mass is 16.2. The molecule has 1 saturated carbocycles. The van der Waals surface area contributed by atoms with E-state index < -0.39 is 0 Å². The van der Waals surface area contributed by atoms with Gasteiger partial charge in [-0.2, -0.15) is 0 Å². The summed E-state index contributed by atoms with van der Waals surface area (Å²) >= 11 is 0. The quantitative estimate of drug-likeness (QED) is 0.897. The molecule has 26 heavy (non-hydrogen) atoms. The molecule has 1 aliphatic carbocycles. The number of rotatable bonds is 4. The molecule has 2 heterocycles. The number of likely N-dealkylation sites (tertiary alicyclic amines) is 1. The van der Waals surface area contributed by atoms with E-state index in [9.17, 15) is 9.59 Å². The molecule has 5 heteroatoms. The van der Waals surface area contributed by atoms with Crippen molar-refractivity contribution in [3.63, 3.8) is 0 Å². The Hall–Kier alpha value is -1.88. The van der Waals surface area contributed by atoms with Crippen LogP contribution in [0.3, 0.4) is 0 Å². The summed E-state index contributed by atoms with van der Waals surface area (Å²) in [5.74, 6) is 0.0237. The number of benzene rings is 1. The van der Waals surface area contributed by atoms with E-state index in [0.717, 1.165) is 31.0 Å². The molecule has 0 radical (unpaired) electrons. The first kappa shape index (κ1) is 17.5. The molecule has 1 atom stereocenters. The third-order valence-electron chi connectivity index (χ3n) is 6.46. The third kappa shape index (κ3) is 3.50.